The van der Waals surface area contributed by atoms with E-state index in [1.54, 1.807) is 25.2 Å². The third-order valence-electron chi connectivity index (χ3n) is 3.15. The monoisotopic (exact) mass is 286 g/mol. The number of aryl methyl sites for hydroxylation is 1. The third-order valence-corrected chi connectivity index (χ3v) is 3.15. The zero-order valence-corrected chi connectivity index (χ0v) is 11.6. The van der Waals surface area contributed by atoms with Gasteiger partial charge in [0.1, 0.15) is 0 Å². The molecule has 0 bridgehead atoms. The summed E-state index contributed by atoms with van der Waals surface area (Å²) in [6, 6.07) is 8.94. The zero-order chi connectivity index (χ0) is 15.6. The maximum atomic E-state index is 12.4. The molecule has 0 spiro atoms. The standard InChI is InChI=1S/C15H14N2O4/c1-16-8-7-10(9-13(16)18)14(19)17(2)12-6-4-3-5-11(12)15(20)21/h3-9H,1-2H3,(H,20,21). The van der Waals surface area contributed by atoms with Crippen LogP contribution in [-0.2, 0) is 7.05 Å². The van der Waals surface area contributed by atoms with Crippen LogP contribution in [0, 0.1) is 0 Å². The van der Waals surface area contributed by atoms with Crippen LogP contribution in [0.25, 0.3) is 0 Å². The second kappa shape index (κ2) is 5.62. The number of aromatic carboxylic acids is 1. The number of hydrogen-bond acceptors (Lipinski definition) is 3. The Kier molecular flexibility index (Phi) is 3.89. The molecular weight excluding hydrogens is 272 g/mol. The Morgan fingerprint density at radius 1 is 1.19 bits per heavy atom. The number of aromatic nitrogens is 1. The van der Waals surface area contributed by atoms with Crippen LogP contribution >= 0.6 is 0 Å². The fourth-order valence-electron chi connectivity index (χ4n) is 1.93. The quantitative estimate of drug-likeness (QED) is 0.924. The maximum Gasteiger partial charge on any atom is 0.337 e. The first-order valence-corrected chi connectivity index (χ1v) is 6.19. The summed E-state index contributed by atoms with van der Waals surface area (Å²) in [6.45, 7) is 0. The molecule has 6 nitrogen and oxygen atoms in total. The van der Waals surface area contributed by atoms with Crippen molar-refractivity contribution in [2.75, 3.05) is 11.9 Å². The van der Waals surface area contributed by atoms with Gasteiger partial charge in [-0.1, -0.05) is 12.1 Å². The van der Waals surface area contributed by atoms with Crippen LogP contribution in [0.1, 0.15) is 20.7 Å². The predicted octanol–water partition coefficient (Wildman–Crippen LogP) is 1.36. The Hall–Kier alpha value is -2.89. The molecule has 0 fully saturated rings. The average Bonchev–Trinajstić information content (AvgIpc) is 2.48. The minimum Gasteiger partial charge on any atom is -0.478 e. The van der Waals surface area contributed by atoms with Gasteiger partial charge in [0.25, 0.3) is 11.5 Å². The second-order valence-electron chi connectivity index (χ2n) is 4.55. The average molecular weight is 286 g/mol. The molecule has 0 aliphatic heterocycles. The molecule has 6 heteroatoms. The lowest BCUT2D eigenvalue weighted by Gasteiger charge is -2.19. The molecule has 1 aromatic heterocycles. The molecule has 0 saturated carbocycles. The largest absolute Gasteiger partial charge is 0.478 e. The molecule has 1 N–H and O–H groups in total. The first kappa shape index (κ1) is 14.5. The number of anilines is 1. The minimum atomic E-state index is -1.12. The number of para-hydroxylation sites is 1. The first-order chi connectivity index (χ1) is 9.91. The number of carboxylic acids is 1. The number of carbonyl (C=O) groups excluding carboxylic acids is 1. The van der Waals surface area contributed by atoms with Gasteiger partial charge in [-0.2, -0.15) is 0 Å². The zero-order valence-electron chi connectivity index (χ0n) is 11.6. The molecule has 1 aromatic carbocycles. The van der Waals surface area contributed by atoms with Crippen LogP contribution in [0.15, 0.2) is 47.4 Å². The molecular formula is C15H14N2O4. The molecule has 2 rings (SSSR count). The van der Waals surface area contributed by atoms with Crippen molar-refractivity contribution < 1.29 is 14.7 Å². The summed E-state index contributed by atoms with van der Waals surface area (Å²) in [5.74, 6) is -1.56. The number of benzene rings is 1. The van der Waals surface area contributed by atoms with Crippen LogP contribution in [0.5, 0.6) is 0 Å². The lowest BCUT2D eigenvalue weighted by Crippen LogP contribution is -2.29. The van der Waals surface area contributed by atoms with E-state index in [1.807, 2.05) is 0 Å². The minimum absolute atomic E-state index is 0.0252. The van der Waals surface area contributed by atoms with Gasteiger partial charge in [0.15, 0.2) is 0 Å². The van der Waals surface area contributed by atoms with Gasteiger partial charge in [0, 0.05) is 31.9 Å². The van der Waals surface area contributed by atoms with Crippen molar-refractivity contribution in [1.82, 2.24) is 4.57 Å². The highest BCUT2D eigenvalue weighted by atomic mass is 16.4. The molecule has 21 heavy (non-hydrogen) atoms. The van der Waals surface area contributed by atoms with E-state index in [4.69, 9.17) is 5.11 Å². The van der Waals surface area contributed by atoms with Crippen molar-refractivity contribution in [3.63, 3.8) is 0 Å². The molecule has 0 unspecified atom stereocenters. The van der Waals surface area contributed by atoms with E-state index < -0.39 is 11.9 Å². The fraction of sp³-hybridized carbons (Fsp3) is 0.133. The number of amides is 1. The maximum absolute atomic E-state index is 12.4. The molecule has 108 valence electrons. The van der Waals surface area contributed by atoms with Crippen molar-refractivity contribution in [1.29, 1.82) is 0 Å². The van der Waals surface area contributed by atoms with Gasteiger partial charge in [-0.25, -0.2) is 4.79 Å². The van der Waals surface area contributed by atoms with Gasteiger partial charge in [-0.3, -0.25) is 9.59 Å². The van der Waals surface area contributed by atoms with Gasteiger partial charge in [-0.15, -0.1) is 0 Å². The number of rotatable bonds is 3. The van der Waals surface area contributed by atoms with Gasteiger partial charge >= 0.3 is 5.97 Å². The van der Waals surface area contributed by atoms with E-state index in [1.165, 1.54) is 40.9 Å². The molecule has 0 aliphatic rings. The van der Waals surface area contributed by atoms with E-state index in [-0.39, 0.29) is 22.4 Å². The molecule has 0 atom stereocenters. The van der Waals surface area contributed by atoms with Gasteiger partial charge in [-0.05, 0) is 18.2 Å². The third kappa shape index (κ3) is 2.84. The van der Waals surface area contributed by atoms with Crippen molar-refractivity contribution in [2.45, 2.75) is 0 Å². The topological polar surface area (TPSA) is 79.6 Å². The number of nitrogens with zero attached hydrogens (tertiary/aromatic N) is 2. The second-order valence-corrected chi connectivity index (χ2v) is 4.55. The summed E-state index contributed by atoms with van der Waals surface area (Å²) in [5, 5.41) is 9.16. The molecule has 0 aliphatic carbocycles. The van der Waals surface area contributed by atoms with E-state index in [9.17, 15) is 14.4 Å². The summed E-state index contributed by atoms with van der Waals surface area (Å²) in [5.41, 5.74) is 0.203. The Morgan fingerprint density at radius 3 is 2.48 bits per heavy atom. The fourth-order valence-corrected chi connectivity index (χ4v) is 1.93. The highest BCUT2D eigenvalue weighted by Crippen LogP contribution is 2.20. The molecule has 2 aromatic rings. The normalized spacial score (nSPS) is 10.2. The van der Waals surface area contributed by atoms with E-state index >= 15 is 0 Å². The van der Waals surface area contributed by atoms with Crippen LogP contribution in [0.4, 0.5) is 5.69 Å². The summed E-state index contributed by atoms with van der Waals surface area (Å²) >= 11 is 0. The van der Waals surface area contributed by atoms with Crippen molar-refractivity contribution >= 4 is 17.6 Å². The van der Waals surface area contributed by atoms with E-state index in [0.29, 0.717) is 0 Å². The van der Waals surface area contributed by atoms with Crippen LogP contribution in [0.2, 0.25) is 0 Å². The summed E-state index contributed by atoms with van der Waals surface area (Å²) in [7, 11) is 3.06. The molecule has 1 heterocycles. The van der Waals surface area contributed by atoms with Crippen LogP contribution in [-0.4, -0.2) is 28.6 Å². The lowest BCUT2D eigenvalue weighted by atomic mass is 10.1. The Balaban J connectivity index is 2.42. The highest BCUT2D eigenvalue weighted by molar-refractivity contribution is 6.08. The Labute approximate surface area is 120 Å². The summed E-state index contributed by atoms with van der Waals surface area (Å²) in [4.78, 5) is 36.4. The molecule has 1 amide bonds. The molecule has 0 radical (unpaired) electrons. The Morgan fingerprint density at radius 2 is 1.86 bits per heavy atom. The van der Waals surface area contributed by atoms with Crippen molar-refractivity contribution in [2.24, 2.45) is 7.05 Å². The Bertz CT molecular complexity index is 764. The van der Waals surface area contributed by atoms with Gasteiger partial charge in [0.05, 0.1) is 11.3 Å². The van der Waals surface area contributed by atoms with Crippen LogP contribution < -0.4 is 10.5 Å². The number of carbonyl (C=O) groups is 2. The number of carboxylic acid groups (broad SMARTS) is 1. The van der Waals surface area contributed by atoms with E-state index in [0.717, 1.165) is 0 Å². The predicted molar refractivity (Wildman–Crippen MR) is 77.8 cm³/mol. The smallest absolute Gasteiger partial charge is 0.337 e. The van der Waals surface area contributed by atoms with E-state index in [2.05, 4.69) is 0 Å². The highest BCUT2D eigenvalue weighted by Gasteiger charge is 2.19. The van der Waals surface area contributed by atoms with Gasteiger partial charge < -0.3 is 14.6 Å². The summed E-state index contributed by atoms with van der Waals surface area (Å²) in [6.07, 6.45) is 1.49. The van der Waals surface area contributed by atoms with Crippen LogP contribution in [0.3, 0.4) is 0 Å². The molecule has 0 saturated heterocycles. The van der Waals surface area contributed by atoms with Crippen molar-refractivity contribution in [3.8, 4) is 0 Å². The van der Waals surface area contributed by atoms with Gasteiger partial charge in [0.2, 0.25) is 0 Å². The van der Waals surface area contributed by atoms with Crippen molar-refractivity contribution in [3.05, 3.63) is 64.1 Å². The first-order valence-electron chi connectivity index (χ1n) is 6.19. The lowest BCUT2D eigenvalue weighted by molar-refractivity contribution is 0.0697. The summed E-state index contributed by atoms with van der Waals surface area (Å²) < 4.78 is 1.35. The number of pyridine rings is 1. The number of hydrogen-bond donors (Lipinski definition) is 1. The SMILES string of the molecule is CN(C(=O)c1ccn(C)c(=O)c1)c1ccccc1C(=O)O.